The first-order valence-corrected chi connectivity index (χ1v) is 5.68. The van der Waals surface area contributed by atoms with Crippen LogP contribution in [0, 0.1) is 11.6 Å². The molecule has 0 aliphatic carbocycles. The quantitative estimate of drug-likeness (QED) is 0.715. The molecule has 2 nitrogen and oxygen atoms in total. The third-order valence-electron chi connectivity index (χ3n) is 2.39. The molecule has 0 fully saturated rings. The van der Waals surface area contributed by atoms with E-state index in [0.29, 0.717) is 18.7 Å². The number of halogens is 2. The maximum Gasteiger partial charge on any atom is 0.126 e. The Morgan fingerprint density at radius 2 is 1.94 bits per heavy atom. The van der Waals surface area contributed by atoms with Crippen LogP contribution in [0.3, 0.4) is 0 Å². The molecule has 0 saturated heterocycles. The summed E-state index contributed by atoms with van der Waals surface area (Å²) < 4.78 is 26.2. The van der Waals surface area contributed by atoms with Gasteiger partial charge in [0.25, 0.3) is 0 Å². The Kier molecular flexibility index (Phi) is 5.80. The Labute approximate surface area is 101 Å². The Hall–Kier alpha value is -1.26. The van der Waals surface area contributed by atoms with E-state index in [-0.39, 0.29) is 6.04 Å². The third-order valence-corrected chi connectivity index (χ3v) is 2.39. The van der Waals surface area contributed by atoms with Gasteiger partial charge in [0.1, 0.15) is 11.6 Å². The lowest BCUT2D eigenvalue weighted by Crippen LogP contribution is -2.31. The monoisotopic (exact) mass is 240 g/mol. The summed E-state index contributed by atoms with van der Waals surface area (Å²) in [5.74, 6) is -1.11. The van der Waals surface area contributed by atoms with E-state index in [9.17, 15) is 8.78 Å². The van der Waals surface area contributed by atoms with Crippen molar-refractivity contribution < 1.29 is 8.78 Å². The van der Waals surface area contributed by atoms with Crippen LogP contribution < -0.4 is 10.6 Å². The maximum absolute atomic E-state index is 13.1. The SMILES string of the molecule is C=CCNC(CNCC)c1cc(F)cc(F)c1. The fraction of sp³-hybridized carbons (Fsp3) is 0.385. The van der Waals surface area contributed by atoms with Gasteiger partial charge in [-0.1, -0.05) is 13.0 Å². The normalized spacial score (nSPS) is 12.4. The van der Waals surface area contributed by atoms with Gasteiger partial charge in [-0.15, -0.1) is 6.58 Å². The predicted octanol–water partition coefficient (Wildman–Crippen LogP) is 2.39. The molecule has 94 valence electrons. The highest BCUT2D eigenvalue weighted by Crippen LogP contribution is 2.15. The van der Waals surface area contributed by atoms with Crippen molar-refractivity contribution in [1.29, 1.82) is 0 Å². The molecule has 0 aliphatic heterocycles. The molecule has 1 aromatic carbocycles. The third kappa shape index (κ3) is 4.63. The Bertz CT molecular complexity index is 346. The molecular formula is C13H18F2N2. The number of hydrogen-bond donors (Lipinski definition) is 2. The highest BCUT2D eigenvalue weighted by Gasteiger charge is 2.12. The molecule has 1 unspecified atom stereocenters. The minimum atomic E-state index is -0.554. The van der Waals surface area contributed by atoms with E-state index >= 15 is 0 Å². The largest absolute Gasteiger partial charge is 0.315 e. The predicted molar refractivity (Wildman–Crippen MR) is 65.8 cm³/mol. The van der Waals surface area contributed by atoms with Gasteiger partial charge in [-0.3, -0.25) is 0 Å². The van der Waals surface area contributed by atoms with E-state index < -0.39 is 11.6 Å². The van der Waals surface area contributed by atoms with Crippen LogP contribution in [0.1, 0.15) is 18.5 Å². The summed E-state index contributed by atoms with van der Waals surface area (Å²) in [6, 6.07) is 3.45. The molecular weight excluding hydrogens is 222 g/mol. The molecule has 1 aromatic rings. The van der Waals surface area contributed by atoms with Gasteiger partial charge in [0.15, 0.2) is 0 Å². The first-order chi connectivity index (χ1) is 8.17. The van der Waals surface area contributed by atoms with Gasteiger partial charge >= 0.3 is 0 Å². The fourth-order valence-electron chi connectivity index (χ4n) is 1.60. The van der Waals surface area contributed by atoms with Gasteiger partial charge < -0.3 is 10.6 Å². The maximum atomic E-state index is 13.1. The van der Waals surface area contributed by atoms with Crippen molar-refractivity contribution in [2.24, 2.45) is 0 Å². The van der Waals surface area contributed by atoms with Gasteiger partial charge in [-0.2, -0.15) is 0 Å². The Morgan fingerprint density at radius 3 is 2.47 bits per heavy atom. The molecule has 2 N–H and O–H groups in total. The van der Waals surface area contributed by atoms with Crippen molar-refractivity contribution >= 4 is 0 Å². The van der Waals surface area contributed by atoms with Crippen LogP contribution in [0.4, 0.5) is 8.78 Å². The topological polar surface area (TPSA) is 24.1 Å². The average molecular weight is 240 g/mol. The van der Waals surface area contributed by atoms with Crippen LogP contribution in [-0.2, 0) is 0 Å². The smallest absolute Gasteiger partial charge is 0.126 e. The van der Waals surface area contributed by atoms with Crippen molar-refractivity contribution in [3.63, 3.8) is 0 Å². The number of rotatable bonds is 7. The van der Waals surface area contributed by atoms with Gasteiger partial charge in [0.05, 0.1) is 0 Å². The highest BCUT2D eigenvalue weighted by atomic mass is 19.1. The zero-order valence-corrected chi connectivity index (χ0v) is 9.97. The Morgan fingerprint density at radius 1 is 1.29 bits per heavy atom. The summed E-state index contributed by atoms with van der Waals surface area (Å²) >= 11 is 0. The van der Waals surface area contributed by atoms with E-state index in [0.717, 1.165) is 12.6 Å². The van der Waals surface area contributed by atoms with Gasteiger partial charge in [-0.05, 0) is 24.2 Å². The summed E-state index contributed by atoms with van der Waals surface area (Å²) in [6.07, 6.45) is 1.72. The van der Waals surface area contributed by atoms with Crippen molar-refractivity contribution in [2.75, 3.05) is 19.6 Å². The van der Waals surface area contributed by atoms with Crippen LogP contribution in [0.5, 0.6) is 0 Å². The molecule has 17 heavy (non-hydrogen) atoms. The van der Waals surface area contributed by atoms with Crippen molar-refractivity contribution in [3.05, 3.63) is 48.1 Å². The van der Waals surface area contributed by atoms with Crippen LogP contribution >= 0.6 is 0 Å². The van der Waals surface area contributed by atoms with E-state index in [1.54, 1.807) is 6.08 Å². The summed E-state index contributed by atoms with van der Waals surface area (Å²) in [7, 11) is 0. The minimum absolute atomic E-state index is 0.127. The molecule has 4 heteroatoms. The number of hydrogen-bond acceptors (Lipinski definition) is 2. The second-order valence-electron chi connectivity index (χ2n) is 3.76. The lowest BCUT2D eigenvalue weighted by atomic mass is 10.1. The summed E-state index contributed by atoms with van der Waals surface area (Å²) in [5, 5.41) is 6.31. The lowest BCUT2D eigenvalue weighted by Gasteiger charge is -2.19. The first-order valence-electron chi connectivity index (χ1n) is 5.68. The molecule has 0 radical (unpaired) electrons. The highest BCUT2D eigenvalue weighted by molar-refractivity contribution is 5.22. The van der Waals surface area contributed by atoms with Gasteiger partial charge in [-0.25, -0.2) is 8.78 Å². The molecule has 0 bridgehead atoms. The van der Waals surface area contributed by atoms with Crippen LogP contribution in [0.25, 0.3) is 0 Å². The van der Waals surface area contributed by atoms with E-state index in [1.807, 2.05) is 6.92 Å². The fourth-order valence-corrected chi connectivity index (χ4v) is 1.60. The molecule has 0 aromatic heterocycles. The standard InChI is InChI=1S/C13H18F2N2/c1-3-5-17-13(9-16-4-2)10-6-11(14)8-12(15)7-10/h3,6-8,13,16-17H,1,4-5,9H2,2H3. The molecule has 0 heterocycles. The number of nitrogens with one attached hydrogen (secondary N) is 2. The van der Waals surface area contributed by atoms with E-state index in [2.05, 4.69) is 17.2 Å². The lowest BCUT2D eigenvalue weighted by molar-refractivity contribution is 0.508. The second-order valence-corrected chi connectivity index (χ2v) is 3.76. The van der Waals surface area contributed by atoms with E-state index in [1.165, 1.54) is 12.1 Å². The number of likely N-dealkylation sites (N-methyl/N-ethyl adjacent to an activating group) is 1. The summed E-state index contributed by atoms with van der Waals surface area (Å²) in [5.41, 5.74) is 0.602. The molecule has 0 saturated carbocycles. The van der Waals surface area contributed by atoms with Crippen LogP contribution in [0.2, 0.25) is 0 Å². The van der Waals surface area contributed by atoms with Crippen molar-refractivity contribution in [2.45, 2.75) is 13.0 Å². The zero-order chi connectivity index (χ0) is 12.7. The minimum Gasteiger partial charge on any atom is -0.315 e. The second kappa shape index (κ2) is 7.14. The van der Waals surface area contributed by atoms with Crippen LogP contribution in [-0.4, -0.2) is 19.6 Å². The molecule has 0 amide bonds. The van der Waals surface area contributed by atoms with Crippen molar-refractivity contribution in [1.82, 2.24) is 10.6 Å². The number of benzene rings is 1. The molecule has 1 rings (SSSR count). The first kappa shape index (κ1) is 13.8. The van der Waals surface area contributed by atoms with Gasteiger partial charge in [0.2, 0.25) is 0 Å². The van der Waals surface area contributed by atoms with Crippen molar-refractivity contribution in [3.8, 4) is 0 Å². The molecule has 0 spiro atoms. The summed E-state index contributed by atoms with van der Waals surface area (Å²) in [4.78, 5) is 0. The zero-order valence-electron chi connectivity index (χ0n) is 9.97. The molecule has 0 aliphatic rings. The van der Waals surface area contributed by atoms with E-state index in [4.69, 9.17) is 0 Å². The average Bonchev–Trinajstić information content (AvgIpc) is 2.28. The van der Waals surface area contributed by atoms with Crippen LogP contribution in [0.15, 0.2) is 30.9 Å². The van der Waals surface area contributed by atoms with Gasteiger partial charge in [0, 0.05) is 25.2 Å². The summed E-state index contributed by atoms with van der Waals surface area (Å²) in [6.45, 7) is 7.61. The molecule has 1 atom stereocenters. The Balaban J connectivity index is 2.82.